The molecule has 3 heterocycles. The predicted octanol–water partition coefficient (Wildman–Crippen LogP) is 0.909. The summed E-state index contributed by atoms with van der Waals surface area (Å²) in [4.78, 5) is 29.6. The molecule has 0 aromatic carbocycles. The van der Waals surface area contributed by atoms with E-state index in [0.717, 1.165) is 51.6 Å². The van der Waals surface area contributed by atoms with E-state index in [1.54, 1.807) is 11.2 Å². The second-order valence-corrected chi connectivity index (χ2v) is 11.1. The summed E-state index contributed by atoms with van der Waals surface area (Å²) >= 11 is 0. The molecule has 1 spiro atoms. The first-order valence-electron chi connectivity index (χ1n) is 10.2. The molecule has 8 heteroatoms. The monoisotopic (exact) mass is 397 g/mol. The minimum Gasteiger partial charge on any atom is -0.342 e. The van der Waals surface area contributed by atoms with Crippen LogP contribution in [0.1, 0.15) is 45.4 Å². The summed E-state index contributed by atoms with van der Waals surface area (Å²) < 4.78 is 25.4. The molecule has 0 radical (unpaired) electrons. The topological polar surface area (TPSA) is 78.0 Å². The van der Waals surface area contributed by atoms with Crippen molar-refractivity contribution in [2.75, 3.05) is 45.5 Å². The fourth-order valence-electron chi connectivity index (χ4n) is 6.25. The lowest BCUT2D eigenvalue weighted by Crippen LogP contribution is -2.50. The molecule has 0 N–H and O–H groups in total. The Balaban J connectivity index is 1.62. The number of rotatable bonds is 2. The van der Waals surface area contributed by atoms with Crippen LogP contribution in [-0.2, 0) is 19.6 Å². The number of nitrogens with zero attached hydrogens (tertiary/aromatic N) is 3. The second-order valence-electron chi connectivity index (χ2n) is 9.13. The summed E-state index contributed by atoms with van der Waals surface area (Å²) in [6.07, 6.45) is 6.80. The summed E-state index contributed by atoms with van der Waals surface area (Å²) in [6.45, 7) is 5.51. The van der Waals surface area contributed by atoms with Crippen LogP contribution in [0.25, 0.3) is 0 Å². The van der Waals surface area contributed by atoms with Crippen molar-refractivity contribution in [1.29, 1.82) is 0 Å². The third kappa shape index (κ3) is 2.99. The van der Waals surface area contributed by atoms with Gasteiger partial charge in [-0.2, -0.15) is 0 Å². The van der Waals surface area contributed by atoms with Gasteiger partial charge in [-0.05, 0) is 49.9 Å². The van der Waals surface area contributed by atoms with Crippen LogP contribution >= 0.6 is 0 Å². The van der Waals surface area contributed by atoms with Crippen molar-refractivity contribution in [2.45, 2.75) is 45.4 Å². The van der Waals surface area contributed by atoms with Gasteiger partial charge in [0.15, 0.2) is 0 Å². The largest absolute Gasteiger partial charge is 0.342 e. The number of hydrogen-bond donors (Lipinski definition) is 0. The van der Waals surface area contributed by atoms with Gasteiger partial charge >= 0.3 is 0 Å². The van der Waals surface area contributed by atoms with Crippen molar-refractivity contribution in [1.82, 2.24) is 14.1 Å². The zero-order valence-electron chi connectivity index (χ0n) is 16.4. The van der Waals surface area contributed by atoms with Gasteiger partial charge in [-0.25, -0.2) is 12.7 Å². The van der Waals surface area contributed by atoms with Gasteiger partial charge in [0.25, 0.3) is 0 Å². The number of carbonyl (C=O) groups excluding carboxylic acids is 2. The molecule has 4 rings (SSSR count). The van der Waals surface area contributed by atoms with Crippen molar-refractivity contribution in [3.05, 3.63) is 0 Å². The van der Waals surface area contributed by atoms with E-state index < -0.39 is 15.4 Å². The van der Waals surface area contributed by atoms with Crippen LogP contribution in [0.2, 0.25) is 0 Å². The Hall–Kier alpha value is -1.15. The molecule has 0 unspecified atom stereocenters. The lowest BCUT2D eigenvalue weighted by atomic mass is 9.66. The molecule has 2 amide bonds. The molecule has 3 saturated heterocycles. The zero-order valence-corrected chi connectivity index (χ0v) is 17.3. The van der Waals surface area contributed by atoms with Gasteiger partial charge in [0.05, 0.1) is 11.7 Å². The van der Waals surface area contributed by atoms with Gasteiger partial charge in [0.2, 0.25) is 21.8 Å². The Bertz CT molecular complexity index is 738. The van der Waals surface area contributed by atoms with Gasteiger partial charge in [0, 0.05) is 46.2 Å². The molecule has 1 saturated carbocycles. The summed E-state index contributed by atoms with van der Waals surface area (Å²) in [6, 6.07) is 0. The van der Waals surface area contributed by atoms with Crippen molar-refractivity contribution in [3.63, 3.8) is 0 Å². The van der Waals surface area contributed by atoms with Gasteiger partial charge in [-0.1, -0.05) is 0 Å². The van der Waals surface area contributed by atoms with Crippen LogP contribution in [0.15, 0.2) is 0 Å². The fourth-order valence-corrected chi connectivity index (χ4v) is 7.10. The first-order chi connectivity index (χ1) is 12.7. The van der Waals surface area contributed by atoms with E-state index in [4.69, 9.17) is 0 Å². The van der Waals surface area contributed by atoms with Crippen LogP contribution in [-0.4, -0.2) is 79.9 Å². The quantitative estimate of drug-likeness (QED) is 0.694. The molecule has 1 aliphatic carbocycles. The van der Waals surface area contributed by atoms with Crippen LogP contribution < -0.4 is 0 Å². The van der Waals surface area contributed by atoms with Crippen LogP contribution in [0.4, 0.5) is 0 Å². The van der Waals surface area contributed by atoms with E-state index in [1.807, 2.05) is 9.80 Å². The average molecular weight is 398 g/mol. The Morgan fingerprint density at radius 3 is 2.11 bits per heavy atom. The molecule has 2 atom stereocenters. The van der Waals surface area contributed by atoms with Gasteiger partial charge in [0.1, 0.15) is 0 Å². The Morgan fingerprint density at radius 1 is 0.926 bits per heavy atom. The summed E-state index contributed by atoms with van der Waals surface area (Å²) in [5.74, 6) is 0.446. The van der Waals surface area contributed by atoms with Gasteiger partial charge in [-0.3, -0.25) is 9.59 Å². The molecule has 7 nitrogen and oxygen atoms in total. The first kappa shape index (κ1) is 19.2. The SMILES string of the molecule is CC(=O)N1C[C@H]2C3(CCN(S(C)(=O)=O)CC3)CC[C@@]2(C(=O)N2CCCC2)C1. The standard InChI is InChI=1S/C19H31N3O4S/c1-15(23)21-13-16-18(7-11-22(12-8-18)27(2,25)26)5-6-19(16,14-21)17(24)20-9-3-4-10-20/h16H,3-14H2,1-2H3/t16-,19+/m0/s1. The van der Waals surface area contributed by atoms with Crippen LogP contribution in [0.3, 0.4) is 0 Å². The maximum Gasteiger partial charge on any atom is 0.230 e. The molecule has 27 heavy (non-hydrogen) atoms. The van der Waals surface area contributed by atoms with Crippen molar-refractivity contribution in [3.8, 4) is 0 Å². The number of carbonyl (C=O) groups is 2. The number of amides is 2. The van der Waals surface area contributed by atoms with Gasteiger partial charge < -0.3 is 9.80 Å². The van der Waals surface area contributed by atoms with E-state index in [1.165, 1.54) is 6.26 Å². The zero-order chi connectivity index (χ0) is 19.4. The summed E-state index contributed by atoms with van der Waals surface area (Å²) in [7, 11) is -3.17. The minimum atomic E-state index is -3.17. The third-order valence-corrected chi connectivity index (χ3v) is 9.11. The van der Waals surface area contributed by atoms with E-state index >= 15 is 0 Å². The number of fused-ring (bicyclic) bond motifs is 2. The lowest BCUT2D eigenvalue weighted by molar-refractivity contribution is -0.143. The molecular formula is C19H31N3O4S. The number of hydrogen-bond acceptors (Lipinski definition) is 4. The maximum atomic E-state index is 13.6. The van der Waals surface area contributed by atoms with E-state index in [0.29, 0.717) is 26.2 Å². The Labute approximate surface area is 162 Å². The van der Waals surface area contributed by atoms with E-state index in [-0.39, 0.29) is 23.1 Å². The summed E-state index contributed by atoms with van der Waals surface area (Å²) in [5.41, 5.74) is -0.468. The molecule has 0 bridgehead atoms. The number of likely N-dealkylation sites (tertiary alicyclic amines) is 2. The highest BCUT2D eigenvalue weighted by molar-refractivity contribution is 7.88. The lowest BCUT2D eigenvalue weighted by Gasteiger charge is -2.44. The van der Waals surface area contributed by atoms with Crippen molar-refractivity contribution < 1.29 is 18.0 Å². The first-order valence-corrected chi connectivity index (χ1v) is 12.0. The number of sulfonamides is 1. The molecule has 0 aromatic heterocycles. The highest BCUT2D eigenvalue weighted by Crippen LogP contribution is 2.62. The normalized spacial score (nSPS) is 33.6. The molecule has 3 aliphatic heterocycles. The van der Waals surface area contributed by atoms with Crippen molar-refractivity contribution in [2.24, 2.45) is 16.7 Å². The average Bonchev–Trinajstić information content (AvgIpc) is 3.32. The Morgan fingerprint density at radius 2 is 1.56 bits per heavy atom. The fraction of sp³-hybridized carbons (Fsp3) is 0.895. The Kier molecular flexibility index (Phi) is 4.57. The van der Waals surface area contributed by atoms with E-state index in [9.17, 15) is 18.0 Å². The molecule has 4 fully saturated rings. The number of piperidine rings is 1. The smallest absolute Gasteiger partial charge is 0.230 e. The third-order valence-electron chi connectivity index (χ3n) is 7.80. The van der Waals surface area contributed by atoms with Gasteiger partial charge in [-0.15, -0.1) is 0 Å². The summed E-state index contributed by atoms with van der Waals surface area (Å²) in [5, 5.41) is 0. The predicted molar refractivity (Wildman–Crippen MR) is 101 cm³/mol. The van der Waals surface area contributed by atoms with Crippen LogP contribution in [0.5, 0.6) is 0 Å². The molecule has 0 aromatic rings. The molecular weight excluding hydrogens is 366 g/mol. The minimum absolute atomic E-state index is 0.0131. The second kappa shape index (κ2) is 6.44. The molecule has 4 aliphatic rings. The van der Waals surface area contributed by atoms with Crippen molar-refractivity contribution >= 4 is 21.8 Å². The highest BCUT2D eigenvalue weighted by Gasteiger charge is 2.65. The maximum absolute atomic E-state index is 13.6. The highest BCUT2D eigenvalue weighted by atomic mass is 32.2. The van der Waals surface area contributed by atoms with Crippen LogP contribution in [0, 0.1) is 16.7 Å². The molecule has 152 valence electrons. The van der Waals surface area contributed by atoms with E-state index in [2.05, 4.69) is 0 Å².